The minimum atomic E-state index is -1.38. The Balaban J connectivity index is 1.17. The summed E-state index contributed by atoms with van der Waals surface area (Å²) in [5, 5.41) is 40.9. The number of pyridine rings is 1. The number of aliphatic hydroxyl groups is 3. The van der Waals surface area contributed by atoms with Gasteiger partial charge in [0, 0.05) is 49.6 Å². The maximum absolute atomic E-state index is 12.8. The number of rotatable bonds is 12. The fourth-order valence-electron chi connectivity index (χ4n) is 7.12. The molecule has 3 amide bonds. The lowest BCUT2D eigenvalue weighted by Crippen LogP contribution is -2.43. The van der Waals surface area contributed by atoms with E-state index < -0.39 is 36.8 Å². The monoisotopic (exact) mass is 740 g/mol. The number of hydrogen-bond acceptors (Lipinski definition) is 11. The van der Waals surface area contributed by atoms with Crippen LogP contribution >= 0.6 is 11.8 Å². The molecule has 5 aromatic rings. The van der Waals surface area contributed by atoms with Crippen LogP contribution in [0.1, 0.15) is 41.6 Å². The van der Waals surface area contributed by atoms with E-state index in [0.29, 0.717) is 55.5 Å². The summed E-state index contributed by atoms with van der Waals surface area (Å²) in [6, 6.07) is 23.7. The Kier molecular flexibility index (Phi) is 11.0. The van der Waals surface area contributed by atoms with Gasteiger partial charge < -0.3 is 40.7 Å². The number of fused-ring (bicyclic) bond motifs is 1. The fourth-order valence-corrected chi connectivity index (χ4v) is 7.37. The number of aromatic nitrogens is 5. The highest BCUT2D eigenvalue weighted by atomic mass is 35.5. The van der Waals surface area contributed by atoms with E-state index in [9.17, 15) is 24.9 Å². The summed E-state index contributed by atoms with van der Waals surface area (Å²) < 4.78 is 2.42. The Morgan fingerprint density at radius 3 is 2.34 bits per heavy atom. The second kappa shape index (κ2) is 16.1. The maximum Gasteiger partial charge on any atom is 0.315 e. The molecule has 276 valence electrons. The van der Waals surface area contributed by atoms with E-state index in [-0.39, 0.29) is 24.4 Å². The first kappa shape index (κ1) is 36.0. The number of urea groups is 1. The molecule has 2 fully saturated rings. The predicted molar refractivity (Wildman–Crippen MR) is 198 cm³/mol. The Morgan fingerprint density at radius 2 is 1.66 bits per heavy atom. The highest BCUT2D eigenvalue weighted by molar-refractivity contribution is 6.21. The van der Waals surface area contributed by atoms with Crippen LogP contribution in [-0.4, -0.2) is 107 Å². The molecule has 0 radical (unpaired) electrons. The van der Waals surface area contributed by atoms with Crippen molar-refractivity contribution in [2.75, 3.05) is 36.5 Å². The van der Waals surface area contributed by atoms with Crippen molar-refractivity contribution >= 4 is 46.6 Å². The van der Waals surface area contributed by atoms with Crippen molar-refractivity contribution in [1.82, 2.24) is 39.6 Å². The molecule has 5 atom stereocenters. The Labute approximate surface area is 310 Å². The first-order valence-corrected chi connectivity index (χ1v) is 17.9. The van der Waals surface area contributed by atoms with E-state index in [1.807, 2.05) is 59.5 Å². The molecule has 53 heavy (non-hydrogen) atoms. The molecule has 1 aliphatic carbocycles. The Hall–Kier alpha value is -5.35. The zero-order chi connectivity index (χ0) is 36.9. The van der Waals surface area contributed by atoms with Crippen LogP contribution < -0.4 is 20.9 Å². The van der Waals surface area contributed by atoms with Crippen LogP contribution in [0.5, 0.6) is 0 Å². The molecule has 16 heteroatoms. The molecule has 7 rings (SSSR count). The molecule has 2 aromatic carbocycles. The number of carbonyl (C=O) groups excluding carboxylic acids is 2. The van der Waals surface area contributed by atoms with Crippen LogP contribution in [0.2, 0.25) is 0 Å². The number of imidazole rings is 1. The third-order valence-electron chi connectivity index (χ3n) is 9.89. The summed E-state index contributed by atoms with van der Waals surface area (Å²) in [6.07, 6.45) is 1.26. The zero-order valence-corrected chi connectivity index (χ0v) is 29.5. The Bertz CT molecular complexity index is 1970. The number of carbonyl (C=O) groups is 2. The molecule has 1 saturated carbocycles. The lowest BCUT2D eigenvalue weighted by molar-refractivity contribution is -0.132. The normalized spacial score (nSPS) is 21.2. The van der Waals surface area contributed by atoms with E-state index in [0.717, 1.165) is 21.2 Å². The van der Waals surface area contributed by atoms with E-state index in [1.54, 1.807) is 10.8 Å². The van der Waals surface area contributed by atoms with Crippen molar-refractivity contribution < 1.29 is 24.9 Å². The van der Waals surface area contributed by atoms with E-state index in [1.165, 1.54) is 6.33 Å². The average Bonchev–Trinajstić information content (AvgIpc) is 3.92. The van der Waals surface area contributed by atoms with Gasteiger partial charge in [0.05, 0.1) is 30.6 Å². The molecule has 15 nitrogen and oxygen atoms in total. The van der Waals surface area contributed by atoms with Gasteiger partial charge in [-0.05, 0) is 36.1 Å². The lowest BCUT2D eigenvalue weighted by Gasteiger charge is -2.23. The van der Waals surface area contributed by atoms with Crippen LogP contribution in [0.15, 0.2) is 91.4 Å². The highest BCUT2D eigenvalue weighted by Crippen LogP contribution is 2.38. The molecule has 6 N–H and O–H groups in total. The van der Waals surface area contributed by atoms with Gasteiger partial charge in [0.15, 0.2) is 17.0 Å². The van der Waals surface area contributed by atoms with Gasteiger partial charge in [-0.25, -0.2) is 14.2 Å². The van der Waals surface area contributed by atoms with Crippen molar-refractivity contribution in [3.8, 4) is 0 Å². The van der Waals surface area contributed by atoms with Gasteiger partial charge in [0.1, 0.15) is 18.8 Å². The van der Waals surface area contributed by atoms with E-state index >= 15 is 0 Å². The van der Waals surface area contributed by atoms with Crippen LogP contribution in [0.3, 0.4) is 0 Å². The molecule has 2 aliphatic rings. The van der Waals surface area contributed by atoms with Crippen molar-refractivity contribution in [2.24, 2.45) is 0 Å². The average molecular weight is 741 g/mol. The van der Waals surface area contributed by atoms with Gasteiger partial charge in [-0.3, -0.25) is 9.78 Å². The van der Waals surface area contributed by atoms with E-state index in [4.69, 9.17) is 21.7 Å². The largest absolute Gasteiger partial charge is 0.388 e. The van der Waals surface area contributed by atoms with Crippen LogP contribution in [-0.2, 0) is 11.3 Å². The molecule has 3 aromatic heterocycles. The minimum absolute atomic E-state index is 0.0239. The molecule has 0 spiro atoms. The van der Waals surface area contributed by atoms with Crippen LogP contribution in [0.25, 0.3) is 11.2 Å². The standard InChI is InChI=1S/C37H41ClN10O5/c38-48(30(50)21-49)29-17-28(32(51)33(29)52)47-22-42-31-34(40-19-27(23-9-3-1-4-10-23)24-11-5-2-6-12-24)44-36(45-35(31)47)46-16-14-26(20-46)43-37(53)41-18-25-13-7-8-15-39-25/h1-13,15,22,26-29,32-33,49,51-52H,14,16-21H2,(H,40,44,45)(H2,41,43,53)/t26-,28-,29+,32+,33-/m1/s1. The second-order valence-corrected chi connectivity index (χ2v) is 13.6. The first-order chi connectivity index (χ1) is 25.8. The van der Waals surface area contributed by atoms with Crippen LogP contribution in [0.4, 0.5) is 16.6 Å². The van der Waals surface area contributed by atoms with Gasteiger partial charge in [-0.15, -0.1) is 0 Å². The maximum atomic E-state index is 12.8. The van der Waals surface area contributed by atoms with Gasteiger partial charge >= 0.3 is 6.03 Å². The van der Waals surface area contributed by atoms with Gasteiger partial charge in [-0.2, -0.15) is 9.97 Å². The molecular weight excluding hydrogens is 700 g/mol. The first-order valence-electron chi connectivity index (χ1n) is 17.5. The van der Waals surface area contributed by atoms with Crippen molar-refractivity contribution in [3.05, 3.63) is 108 Å². The summed E-state index contributed by atoms with van der Waals surface area (Å²) in [4.78, 5) is 45.7. The summed E-state index contributed by atoms with van der Waals surface area (Å²) in [5.74, 6) is 0.0625. The highest BCUT2D eigenvalue weighted by Gasteiger charge is 2.47. The minimum Gasteiger partial charge on any atom is -0.388 e. The third-order valence-corrected chi connectivity index (χ3v) is 10.3. The molecule has 4 heterocycles. The van der Waals surface area contributed by atoms with Gasteiger partial charge in [0.2, 0.25) is 5.95 Å². The van der Waals surface area contributed by atoms with Crippen molar-refractivity contribution in [2.45, 2.75) is 55.6 Å². The van der Waals surface area contributed by atoms with E-state index in [2.05, 4.69) is 50.2 Å². The molecular formula is C37H41ClN10O5. The third kappa shape index (κ3) is 7.88. The topological polar surface area (TPSA) is 194 Å². The predicted octanol–water partition coefficient (Wildman–Crippen LogP) is 2.55. The number of benzene rings is 2. The smallest absolute Gasteiger partial charge is 0.315 e. The number of nitrogens with one attached hydrogen (secondary N) is 3. The number of hydrogen-bond donors (Lipinski definition) is 6. The molecule has 0 unspecified atom stereocenters. The lowest BCUT2D eigenvalue weighted by atomic mass is 9.91. The Morgan fingerprint density at radius 1 is 0.943 bits per heavy atom. The summed E-state index contributed by atoms with van der Waals surface area (Å²) in [7, 11) is 0. The molecule has 1 aliphatic heterocycles. The number of aliphatic hydroxyl groups excluding tert-OH is 3. The van der Waals surface area contributed by atoms with Gasteiger partial charge in [0.25, 0.3) is 5.91 Å². The van der Waals surface area contributed by atoms with Gasteiger partial charge in [-0.1, -0.05) is 66.7 Å². The summed E-state index contributed by atoms with van der Waals surface area (Å²) in [5.41, 5.74) is 3.85. The van der Waals surface area contributed by atoms with Crippen LogP contribution in [0, 0.1) is 0 Å². The number of nitrogens with zero attached hydrogens (tertiary/aromatic N) is 7. The zero-order valence-electron chi connectivity index (χ0n) is 28.7. The summed E-state index contributed by atoms with van der Waals surface area (Å²) >= 11 is 6.20. The summed E-state index contributed by atoms with van der Waals surface area (Å²) in [6.45, 7) is 0.956. The SMILES string of the molecule is O=C(NCc1ccccn1)N[C@@H]1CCN(c2nc(NCC(c3ccccc3)c3ccccc3)c3ncn([C@@H]4C[C@H](N(Cl)C(=O)CO)[C@@H](O)[C@H]4O)c3n2)C1. The van der Waals surface area contributed by atoms with Crippen molar-refractivity contribution in [1.29, 1.82) is 0 Å². The van der Waals surface area contributed by atoms with Crippen molar-refractivity contribution in [3.63, 3.8) is 0 Å². The fraction of sp³-hybridized carbons (Fsp3) is 0.351. The number of anilines is 2. The quantitative estimate of drug-likeness (QED) is 0.103. The number of halogens is 1. The number of amides is 3. The molecule has 0 bridgehead atoms. The molecule has 1 saturated heterocycles. The second-order valence-electron chi connectivity index (χ2n) is 13.2.